The molecule has 1 saturated carbocycles. The fourth-order valence-corrected chi connectivity index (χ4v) is 5.47. The zero-order chi connectivity index (χ0) is 22.9. The first kappa shape index (κ1) is 21.8. The predicted molar refractivity (Wildman–Crippen MR) is 131 cm³/mol. The topological polar surface area (TPSA) is 88.9 Å². The number of Topliss-reactive ketones (excluding diaryl/α,β-unsaturated/α-hetero) is 1. The summed E-state index contributed by atoms with van der Waals surface area (Å²) in [6.45, 7) is 5.42. The first-order valence-electron chi connectivity index (χ1n) is 12.0. The van der Waals surface area contributed by atoms with Crippen molar-refractivity contribution in [2.24, 2.45) is 0 Å². The molecular formula is C26H31N5O2. The minimum absolute atomic E-state index is 0.122. The second kappa shape index (κ2) is 9.06. The van der Waals surface area contributed by atoms with Gasteiger partial charge in [0.2, 0.25) is 0 Å². The van der Waals surface area contributed by atoms with Crippen molar-refractivity contribution in [2.45, 2.75) is 64.3 Å². The molecule has 3 aromatic heterocycles. The molecule has 1 saturated heterocycles. The van der Waals surface area contributed by atoms with Crippen molar-refractivity contribution in [1.82, 2.24) is 19.9 Å². The van der Waals surface area contributed by atoms with E-state index in [4.69, 9.17) is 0 Å². The number of piperidine rings is 1. The molecule has 0 spiro atoms. The summed E-state index contributed by atoms with van der Waals surface area (Å²) < 4.78 is 1.84. The molecule has 2 aliphatic rings. The number of hydrogen-bond acceptors (Lipinski definition) is 6. The Balaban J connectivity index is 1.51. The molecule has 2 fully saturated rings. The normalized spacial score (nSPS) is 17.5. The third-order valence-corrected chi connectivity index (χ3v) is 7.25. The molecular weight excluding hydrogens is 414 g/mol. The van der Waals surface area contributed by atoms with Gasteiger partial charge in [0.05, 0.1) is 11.1 Å². The summed E-state index contributed by atoms with van der Waals surface area (Å²) in [5.74, 6) is 1.74. The Bertz CT molecular complexity index is 1240. The number of carbonyl (C=O) groups is 1. The van der Waals surface area contributed by atoms with Crippen LogP contribution < -0.4 is 16.2 Å². The Morgan fingerprint density at radius 2 is 1.79 bits per heavy atom. The van der Waals surface area contributed by atoms with Crippen molar-refractivity contribution in [3.05, 3.63) is 57.6 Å². The molecule has 1 aliphatic carbocycles. The third-order valence-electron chi connectivity index (χ3n) is 7.25. The number of aromatic nitrogens is 3. The lowest BCUT2D eigenvalue weighted by atomic mass is 9.91. The number of pyridine rings is 3. The Labute approximate surface area is 193 Å². The summed E-state index contributed by atoms with van der Waals surface area (Å²) in [6.07, 6.45) is 10.1. The molecule has 5 rings (SSSR count). The van der Waals surface area contributed by atoms with Gasteiger partial charge in [-0.1, -0.05) is 18.9 Å². The van der Waals surface area contributed by atoms with E-state index >= 15 is 0 Å². The van der Waals surface area contributed by atoms with Crippen LogP contribution in [0.2, 0.25) is 0 Å². The smallest absolute Gasteiger partial charge is 0.262 e. The van der Waals surface area contributed by atoms with Gasteiger partial charge >= 0.3 is 0 Å². The molecule has 0 atom stereocenters. The average molecular weight is 446 g/mol. The van der Waals surface area contributed by atoms with Crippen LogP contribution >= 0.6 is 0 Å². The Kier molecular flexibility index (Phi) is 5.98. The summed E-state index contributed by atoms with van der Waals surface area (Å²) in [4.78, 5) is 34.9. The molecule has 172 valence electrons. The van der Waals surface area contributed by atoms with Crippen molar-refractivity contribution >= 4 is 28.3 Å². The number of nitrogens with one attached hydrogen (secondary N) is 2. The van der Waals surface area contributed by atoms with Gasteiger partial charge in [-0.05, 0) is 75.7 Å². The van der Waals surface area contributed by atoms with Gasteiger partial charge in [-0.2, -0.15) is 0 Å². The van der Waals surface area contributed by atoms with Crippen molar-refractivity contribution in [2.75, 3.05) is 18.4 Å². The van der Waals surface area contributed by atoms with E-state index in [-0.39, 0.29) is 22.9 Å². The highest BCUT2D eigenvalue weighted by atomic mass is 16.1. The average Bonchev–Trinajstić information content (AvgIpc) is 3.34. The van der Waals surface area contributed by atoms with E-state index in [0.717, 1.165) is 68.3 Å². The number of nitrogens with zero attached hydrogens (tertiary/aromatic N) is 3. The fraction of sp³-hybridized carbons (Fsp3) is 0.462. The van der Waals surface area contributed by atoms with E-state index < -0.39 is 0 Å². The van der Waals surface area contributed by atoms with Crippen LogP contribution in [0.15, 0.2) is 35.4 Å². The van der Waals surface area contributed by atoms with Crippen molar-refractivity contribution in [3.63, 3.8) is 0 Å². The molecule has 0 bridgehead atoms. The summed E-state index contributed by atoms with van der Waals surface area (Å²) in [7, 11) is 0. The monoisotopic (exact) mass is 445 g/mol. The van der Waals surface area contributed by atoms with Crippen molar-refractivity contribution < 1.29 is 4.79 Å². The minimum atomic E-state index is -0.189. The van der Waals surface area contributed by atoms with Gasteiger partial charge in [0.1, 0.15) is 11.6 Å². The lowest BCUT2D eigenvalue weighted by Gasteiger charge is -2.22. The quantitative estimate of drug-likeness (QED) is 0.557. The van der Waals surface area contributed by atoms with Crippen LogP contribution in [0.1, 0.15) is 78.9 Å². The van der Waals surface area contributed by atoms with Crippen LogP contribution in [-0.2, 0) is 0 Å². The van der Waals surface area contributed by atoms with Gasteiger partial charge < -0.3 is 15.2 Å². The molecule has 4 heterocycles. The van der Waals surface area contributed by atoms with Gasteiger partial charge in [-0.15, -0.1) is 0 Å². The van der Waals surface area contributed by atoms with Crippen LogP contribution in [0.25, 0.3) is 10.9 Å². The van der Waals surface area contributed by atoms with Crippen LogP contribution in [0.4, 0.5) is 11.6 Å². The Morgan fingerprint density at radius 1 is 1.06 bits per heavy atom. The molecule has 7 nitrogen and oxygen atoms in total. The SMILES string of the molecule is CC(=O)c1c(C)c2cnc(Nc3ccc(C4CCNCC4)cn3)cc2n(C2CCCC2)c1=O. The lowest BCUT2D eigenvalue weighted by molar-refractivity contribution is 0.101. The Hall–Kier alpha value is -3.06. The van der Waals surface area contributed by atoms with Crippen LogP contribution in [0, 0.1) is 6.92 Å². The van der Waals surface area contributed by atoms with Gasteiger partial charge in [0.15, 0.2) is 5.78 Å². The number of carbonyl (C=O) groups excluding carboxylic acids is 1. The second-order valence-electron chi connectivity index (χ2n) is 9.38. The molecule has 2 N–H and O–H groups in total. The van der Waals surface area contributed by atoms with E-state index in [2.05, 4.69) is 26.7 Å². The van der Waals surface area contributed by atoms with E-state index in [9.17, 15) is 9.59 Å². The summed E-state index contributed by atoms with van der Waals surface area (Å²) >= 11 is 0. The molecule has 33 heavy (non-hydrogen) atoms. The van der Waals surface area contributed by atoms with Gasteiger partial charge in [-0.25, -0.2) is 9.97 Å². The second-order valence-corrected chi connectivity index (χ2v) is 9.38. The number of rotatable bonds is 5. The Morgan fingerprint density at radius 3 is 2.45 bits per heavy atom. The molecule has 7 heteroatoms. The molecule has 3 aromatic rings. The fourth-order valence-electron chi connectivity index (χ4n) is 5.47. The third kappa shape index (κ3) is 4.17. The zero-order valence-corrected chi connectivity index (χ0v) is 19.4. The highest BCUT2D eigenvalue weighted by molar-refractivity contribution is 6.00. The highest BCUT2D eigenvalue weighted by Gasteiger charge is 2.25. The zero-order valence-electron chi connectivity index (χ0n) is 19.4. The van der Waals surface area contributed by atoms with Crippen LogP contribution in [-0.4, -0.2) is 33.4 Å². The molecule has 0 radical (unpaired) electrons. The maximum atomic E-state index is 13.4. The van der Waals surface area contributed by atoms with Crippen LogP contribution in [0.5, 0.6) is 0 Å². The summed E-state index contributed by atoms with van der Waals surface area (Å²) in [5.41, 5.74) is 2.92. The van der Waals surface area contributed by atoms with Crippen LogP contribution in [0.3, 0.4) is 0 Å². The summed E-state index contributed by atoms with van der Waals surface area (Å²) in [6, 6.07) is 6.19. The molecule has 0 aromatic carbocycles. The van der Waals surface area contributed by atoms with E-state index in [0.29, 0.717) is 17.3 Å². The number of hydrogen-bond donors (Lipinski definition) is 2. The van der Waals surface area contributed by atoms with Gasteiger partial charge in [0.25, 0.3) is 5.56 Å². The molecule has 0 amide bonds. The van der Waals surface area contributed by atoms with Crippen molar-refractivity contribution in [1.29, 1.82) is 0 Å². The minimum Gasteiger partial charge on any atom is -0.325 e. The number of aryl methyl sites for hydroxylation is 1. The first-order chi connectivity index (χ1) is 16.0. The van der Waals surface area contributed by atoms with Gasteiger partial charge in [0, 0.05) is 29.9 Å². The molecule has 0 unspecified atom stereocenters. The van der Waals surface area contributed by atoms with E-state index in [1.54, 1.807) is 6.20 Å². The number of anilines is 2. The maximum Gasteiger partial charge on any atom is 0.262 e. The number of ketones is 1. The lowest BCUT2D eigenvalue weighted by Crippen LogP contribution is -2.30. The summed E-state index contributed by atoms with van der Waals surface area (Å²) in [5, 5.41) is 7.56. The van der Waals surface area contributed by atoms with Crippen molar-refractivity contribution in [3.8, 4) is 0 Å². The number of fused-ring (bicyclic) bond motifs is 1. The largest absolute Gasteiger partial charge is 0.325 e. The first-order valence-corrected chi connectivity index (χ1v) is 12.0. The van der Waals surface area contributed by atoms with E-state index in [1.807, 2.05) is 29.8 Å². The maximum absolute atomic E-state index is 13.4. The highest BCUT2D eigenvalue weighted by Crippen LogP contribution is 2.33. The van der Waals surface area contributed by atoms with E-state index in [1.165, 1.54) is 12.5 Å². The predicted octanol–water partition coefficient (Wildman–Crippen LogP) is 4.63. The molecule has 1 aliphatic heterocycles. The standard InChI is InChI=1S/C26H31N5O2/c1-16-21-15-29-24(30-23-8-7-19(14-28-23)18-9-11-27-12-10-18)13-22(21)31(20-5-3-4-6-20)26(33)25(16)17(2)32/h7-8,13-15,18,20,27H,3-6,9-12H2,1-2H3,(H,28,29,30). The van der Waals surface area contributed by atoms with Gasteiger partial charge in [-0.3, -0.25) is 9.59 Å².